The standard InChI is InChI=1S/C59H52FN4O.Pt/c1-37(2)51-32-43(40-20-22-45(60)23-21-40)33-52(38(3)4)58(51)63-36-62(54-26-19-39(5)28-56(54)63)46-30-42(41-14-13-15-44(29-41)59(6,7)8)31-48(34-46)65-47-24-25-50-49-16-9-10-17-53(49)64(55(50)35-47)57-18-11-12-27-61-57;/h9-33,36-38H,1-8H3;/q-3;. The normalized spacial score (nSPS) is 12.7. The van der Waals surface area contributed by atoms with E-state index in [1.54, 1.807) is 12.1 Å². The van der Waals surface area contributed by atoms with Crippen LogP contribution in [0.2, 0.25) is 0 Å². The fraction of sp³-hybridized carbons (Fsp3) is 0.186. The molecule has 334 valence electrons. The van der Waals surface area contributed by atoms with E-state index in [0.29, 0.717) is 11.5 Å². The van der Waals surface area contributed by atoms with Crippen LogP contribution in [0.1, 0.15) is 82.6 Å². The van der Waals surface area contributed by atoms with Gasteiger partial charge in [-0.1, -0.05) is 121 Å². The molecule has 5 nitrogen and oxygen atoms in total. The molecule has 10 rings (SSSR count). The van der Waals surface area contributed by atoms with E-state index in [1.807, 2.05) is 42.6 Å². The van der Waals surface area contributed by atoms with Gasteiger partial charge in [-0.25, -0.2) is 9.37 Å². The Hall–Kier alpha value is -6.49. The van der Waals surface area contributed by atoms with Gasteiger partial charge >= 0.3 is 0 Å². The van der Waals surface area contributed by atoms with Gasteiger partial charge in [-0.15, -0.1) is 53.6 Å². The van der Waals surface area contributed by atoms with Crippen LogP contribution in [0.25, 0.3) is 49.9 Å². The number of para-hydroxylation sites is 1. The minimum atomic E-state index is -0.239. The molecule has 0 aliphatic carbocycles. The average molecular weight is 1050 g/mol. The van der Waals surface area contributed by atoms with E-state index in [0.717, 1.165) is 72.6 Å². The third kappa shape index (κ3) is 8.33. The van der Waals surface area contributed by atoms with E-state index >= 15 is 0 Å². The molecule has 0 amide bonds. The van der Waals surface area contributed by atoms with Gasteiger partial charge in [-0.3, -0.25) is 0 Å². The Morgan fingerprint density at radius 1 is 0.621 bits per heavy atom. The predicted octanol–water partition coefficient (Wildman–Crippen LogP) is 16.3. The second-order valence-electron chi connectivity index (χ2n) is 18.8. The number of benzene rings is 7. The van der Waals surface area contributed by atoms with Crippen LogP contribution in [0.3, 0.4) is 0 Å². The summed E-state index contributed by atoms with van der Waals surface area (Å²) in [6.07, 6.45) is 1.82. The molecule has 0 atom stereocenters. The van der Waals surface area contributed by atoms with E-state index in [2.05, 4.69) is 186 Å². The second-order valence-corrected chi connectivity index (χ2v) is 18.8. The SMILES string of the molecule is Cc1ccc2c(c1)N(c1c(C(C)C)cc(-c3ccc(F)cc3)cc1C(C)C)[CH-]N2c1[c-]c(Oc2[c-]c3c(cc2)c2ccccc2n3-c2ccccn2)cc(-c2cccc(C(C)(C)C)c2)c1.[Pt]. The van der Waals surface area contributed by atoms with Gasteiger partial charge in [0.1, 0.15) is 11.6 Å². The number of nitrogens with zero attached hydrogens (tertiary/aromatic N) is 4. The Balaban J connectivity index is 0.00000548. The quantitative estimate of drug-likeness (QED) is 0.135. The number of rotatable bonds is 9. The molecule has 0 saturated carbocycles. The molecule has 0 saturated heterocycles. The number of anilines is 4. The van der Waals surface area contributed by atoms with Gasteiger partial charge in [0.2, 0.25) is 0 Å². The van der Waals surface area contributed by atoms with Crippen molar-refractivity contribution in [1.29, 1.82) is 0 Å². The third-order valence-corrected chi connectivity index (χ3v) is 12.5. The van der Waals surface area contributed by atoms with Crippen molar-refractivity contribution >= 4 is 44.6 Å². The fourth-order valence-electron chi connectivity index (χ4n) is 9.11. The molecule has 0 fully saturated rings. The Labute approximate surface area is 402 Å². The largest absolute Gasteiger partial charge is 0.509 e. The molecule has 7 heteroatoms. The van der Waals surface area contributed by atoms with Crippen LogP contribution in [-0.2, 0) is 26.5 Å². The van der Waals surface area contributed by atoms with Crippen molar-refractivity contribution in [2.45, 2.75) is 72.6 Å². The van der Waals surface area contributed by atoms with Crippen molar-refractivity contribution in [3.63, 3.8) is 0 Å². The van der Waals surface area contributed by atoms with Crippen molar-refractivity contribution in [3.8, 4) is 39.6 Å². The maximum absolute atomic E-state index is 14.1. The van der Waals surface area contributed by atoms with E-state index in [9.17, 15) is 4.39 Å². The monoisotopic (exact) mass is 1050 g/mol. The minimum Gasteiger partial charge on any atom is -0.509 e. The zero-order valence-corrected chi connectivity index (χ0v) is 40.8. The number of hydrogen-bond acceptors (Lipinski definition) is 4. The van der Waals surface area contributed by atoms with Crippen molar-refractivity contribution < 1.29 is 30.2 Å². The summed E-state index contributed by atoms with van der Waals surface area (Å²) in [6.45, 7) is 20.1. The summed E-state index contributed by atoms with van der Waals surface area (Å²) in [5, 5.41) is 2.20. The topological polar surface area (TPSA) is 33.5 Å². The first-order chi connectivity index (χ1) is 31.3. The number of fused-ring (bicyclic) bond motifs is 4. The van der Waals surface area contributed by atoms with Gasteiger partial charge in [-0.2, -0.15) is 6.07 Å². The first kappa shape index (κ1) is 44.7. The van der Waals surface area contributed by atoms with Gasteiger partial charge in [-0.05, 0) is 123 Å². The van der Waals surface area contributed by atoms with Crippen LogP contribution >= 0.6 is 0 Å². The molecule has 0 N–H and O–H groups in total. The maximum Gasteiger partial charge on any atom is 0.135 e. The Bertz CT molecular complexity index is 3210. The van der Waals surface area contributed by atoms with E-state index in [4.69, 9.17) is 9.72 Å². The summed E-state index contributed by atoms with van der Waals surface area (Å²) in [5.74, 6) is 2.13. The number of aromatic nitrogens is 2. The van der Waals surface area contributed by atoms with E-state index in [1.165, 1.54) is 22.3 Å². The molecular weight excluding hydrogens is 995 g/mol. The van der Waals surface area contributed by atoms with Gasteiger partial charge in [0.05, 0.1) is 0 Å². The number of aryl methyl sites for hydroxylation is 1. The summed E-state index contributed by atoms with van der Waals surface area (Å²) in [7, 11) is 0. The molecule has 66 heavy (non-hydrogen) atoms. The molecular formula is C59H52FN4OPt-3. The average Bonchev–Trinajstić information content (AvgIpc) is 3.84. The number of ether oxygens (including phenoxy) is 1. The van der Waals surface area contributed by atoms with Crippen molar-refractivity contribution in [1.82, 2.24) is 9.55 Å². The van der Waals surface area contributed by atoms with Crippen LogP contribution < -0.4 is 14.5 Å². The second kappa shape index (κ2) is 17.7. The van der Waals surface area contributed by atoms with Crippen molar-refractivity contribution in [2.75, 3.05) is 9.80 Å². The van der Waals surface area contributed by atoms with Gasteiger partial charge in [0, 0.05) is 61.3 Å². The Morgan fingerprint density at radius 2 is 1.35 bits per heavy atom. The Morgan fingerprint density at radius 3 is 2.06 bits per heavy atom. The van der Waals surface area contributed by atoms with Crippen LogP contribution in [0.5, 0.6) is 11.5 Å². The summed E-state index contributed by atoms with van der Waals surface area (Å²) in [6, 6.07) is 57.0. The van der Waals surface area contributed by atoms with Gasteiger partial charge < -0.3 is 19.1 Å². The third-order valence-electron chi connectivity index (χ3n) is 12.5. The molecule has 3 heterocycles. The molecule has 1 aliphatic rings. The number of halogens is 1. The van der Waals surface area contributed by atoms with Gasteiger partial charge in [0.25, 0.3) is 0 Å². The zero-order chi connectivity index (χ0) is 45.1. The van der Waals surface area contributed by atoms with Crippen molar-refractivity contribution in [2.24, 2.45) is 0 Å². The first-order valence-corrected chi connectivity index (χ1v) is 22.5. The molecule has 1 aliphatic heterocycles. The minimum absolute atomic E-state index is 0. The maximum atomic E-state index is 14.1. The summed E-state index contributed by atoms with van der Waals surface area (Å²) < 4.78 is 23.1. The Kier molecular flexibility index (Phi) is 12.0. The molecule has 0 spiro atoms. The van der Waals surface area contributed by atoms with Crippen LogP contribution in [-0.4, -0.2) is 9.55 Å². The van der Waals surface area contributed by atoms with E-state index in [-0.39, 0.29) is 44.1 Å². The summed E-state index contributed by atoms with van der Waals surface area (Å²) >= 11 is 0. The fourth-order valence-corrected chi connectivity index (χ4v) is 9.11. The van der Waals surface area contributed by atoms with Crippen LogP contribution in [0.15, 0.2) is 152 Å². The first-order valence-electron chi connectivity index (χ1n) is 22.5. The van der Waals surface area contributed by atoms with Crippen LogP contribution in [0.4, 0.5) is 27.1 Å². The van der Waals surface area contributed by atoms with Crippen LogP contribution in [0, 0.1) is 31.5 Å². The zero-order valence-electron chi connectivity index (χ0n) is 38.6. The number of hydrogen-bond donors (Lipinski definition) is 0. The molecule has 7 aromatic carbocycles. The molecule has 0 bridgehead atoms. The molecule has 0 radical (unpaired) electrons. The summed E-state index contributed by atoms with van der Waals surface area (Å²) in [4.78, 5) is 9.34. The smallest absolute Gasteiger partial charge is 0.135 e. The molecule has 9 aromatic rings. The predicted molar refractivity (Wildman–Crippen MR) is 267 cm³/mol. The summed E-state index contributed by atoms with van der Waals surface area (Å²) in [5.41, 5.74) is 15.1. The van der Waals surface area contributed by atoms with Gasteiger partial charge in [0.15, 0.2) is 0 Å². The molecule has 2 aromatic heterocycles. The number of pyridine rings is 1. The van der Waals surface area contributed by atoms with E-state index < -0.39 is 0 Å². The molecule has 0 unspecified atom stereocenters. The van der Waals surface area contributed by atoms with Crippen molar-refractivity contribution in [3.05, 3.63) is 199 Å².